The van der Waals surface area contributed by atoms with E-state index < -0.39 is 17.7 Å². The van der Waals surface area contributed by atoms with Gasteiger partial charge < -0.3 is 20.3 Å². The molecule has 1 aliphatic rings. The standard InChI is InChI=1S/C27H34ClN3O4/c1-16-9-7-11-20(18(16)3)24(25(33)30-23-17(2)10-8-12-21(23)28)31(19-13-14-19)22(32)15-29-26(34)35-27(4,5)6/h7-12,19,24H,13-15H2,1-6H3,(H,29,34)(H,30,33). The molecular weight excluding hydrogens is 466 g/mol. The molecule has 0 spiro atoms. The molecule has 2 N–H and O–H groups in total. The number of ether oxygens (including phenoxy) is 1. The molecule has 188 valence electrons. The van der Waals surface area contributed by atoms with Gasteiger partial charge in [0.1, 0.15) is 18.2 Å². The van der Waals surface area contributed by atoms with Gasteiger partial charge in [-0.3, -0.25) is 9.59 Å². The molecule has 0 saturated heterocycles. The minimum Gasteiger partial charge on any atom is -0.444 e. The average Bonchev–Trinajstić information content (AvgIpc) is 3.59. The summed E-state index contributed by atoms with van der Waals surface area (Å²) in [6, 6.07) is 10.1. The van der Waals surface area contributed by atoms with E-state index in [1.165, 1.54) is 0 Å². The summed E-state index contributed by atoms with van der Waals surface area (Å²) in [5.74, 6) is -0.706. The lowest BCUT2D eigenvalue weighted by Gasteiger charge is -2.33. The highest BCUT2D eigenvalue weighted by Gasteiger charge is 2.42. The molecule has 1 atom stereocenters. The number of hydrogen-bond donors (Lipinski definition) is 2. The van der Waals surface area contributed by atoms with Gasteiger partial charge in [-0.25, -0.2) is 4.79 Å². The van der Waals surface area contributed by atoms with E-state index >= 15 is 0 Å². The zero-order valence-corrected chi connectivity index (χ0v) is 22.0. The second kappa shape index (κ2) is 10.7. The first-order valence-electron chi connectivity index (χ1n) is 11.8. The third kappa shape index (κ3) is 6.75. The third-order valence-corrected chi connectivity index (χ3v) is 6.26. The number of nitrogens with one attached hydrogen (secondary N) is 2. The van der Waals surface area contributed by atoms with E-state index in [0.29, 0.717) is 10.7 Å². The molecule has 8 heteroatoms. The molecule has 0 aromatic heterocycles. The molecule has 0 heterocycles. The number of benzene rings is 2. The topological polar surface area (TPSA) is 87.7 Å². The number of carbonyl (C=O) groups excluding carboxylic acids is 3. The number of hydrogen-bond acceptors (Lipinski definition) is 4. The van der Waals surface area contributed by atoms with Crippen LogP contribution in [0.3, 0.4) is 0 Å². The first kappa shape index (κ1) is 26.5. The van der Waals surface area contributed by atoms with E-state index in [1.807, 2.05) is 51.1 Å². The molecule has 0 bridgehead atoms. The van der Waals surface area contributed by atoms with E-state index in [2.05, 4.69) is 10.6 Å². The second-order valence-electron chi connectivity index (χ2n) is 10.0. The van der Waals surface area contributed by atoms with Gasteiger partial charge >= 0.3 is 6.09 Å². The molecule has 1 saturated carbocycles. The minimum atomic E-state index is -0.883. The summed E-state index contributed by atoms with van der Waals surface area (Å²) in [6.45, 7) is 10.8. The highest BCUT2D eigenvalue weighted by Crippen LogP contribution is 2.37. The molecule has 0 aliphatic heterocycles. The van der Waals surface area contributed by atoms with Crippen LogP contribution in [-0.4, -0.2) is 41.0 Å². The van der Waals surface area contributed by atoms with Crippen molar-refractivity contribution in [1.29, 1.82) is 0 Å². The number of halogens is 1. The fourth-order valence-electron chi connectivity index (χ4n) is 3.93. The summed E-state index contributed by atoms with van der Waals surface area (Å²) < 4.78 is 5.26. The van der Waals surface area contributed by atoms with Crippen molar-refractivity contribution in [3.05, 3.63) is 63.7 Å². The monoisotopic (exact) mass is 499 g/mol. The summed E-state index contributed by atoms with van der Waals surface area (Å²) in [7, 11) is 0. The average molecular weight is 500 g/mol. The predicted molar refractivity (Wildman–Crippen MR) is 138 cm³/mol. The van der Waals surface area contributed by atoms with Crippen LogP contribution < -0.4 is 10.6 Å². The molecule has 1 aliphatic carbocycles. The van der Waals surface area contributed by atoms with E-state index in [1.54, 1.807) is 31.7 Å². The zero-order chi connectivity index (χ0) is 25.9. The lowest BCUT2D eigenvalue weighted by Crippen LogP contribution is -2.47. The van der Waals surface area contributed by atoms with Crippen molar-refractivity contribution in [3.8, 4) is 0 Å². The van der Waals surface area contributed by atoms with Gasteiger partial charge in [0.25, 0.3) is 5.91 Å². The maximum absolute atomic E-state index is 13.8. The van der Waals surface area contributed by atoms with Crippen LogP contribution in [0.5, 0.6) is 0 Å². The maximum Gasteiger partial charge on any atom is 0.408 e. The molecule has 1 unspecified atom stereocenters. The third-order valence-electron chi connectivity index (χ3n) is 5.95. The van der Waals surface area contributed by atoms with Gasteiger partial charge in [0.2, 0.25) is 5.91 Å². The Kier molecular flexibility index (Phi) is 8.11. The van der Waals surface area contributed by atoms with Crippen LogP contribution in [0.2, 0.25) is 5.02 Å². The van der Waals surface area contributed by atoms with E-state index in [-0.39, 0.29) is 24.4 Å². The Labute approximate surface area is 212 Å². The lowest BCUT2D eigenvalue weighted by molar-refractivity contribution is -0.139. The van der Waals surface area contributed by atoms with Crippen LogP contribution >= 0.6 is 11.6 Å². The molecule has 3 amide bonds. The fraction of sp³-hybridized carbons (Fsp3) is 0.444. The summed E-state index contributed by atoms with van der Waals surface area (Å²) in [6.07, 6.45) is 0.900. The van der Waals surface area contributed by atoms with Crippen molar-refractivity contribution in [1.82, 2.24) is 10.2 Å². The summed E-state index contributed by atoms with van der Waals surface area (Å²) in [4.78, 5) is 41.0. The van der Waals surface area contributed by atoms with Crippen molar-refractivity contribution in [3.63, 3.8) is 0 Å². The number of rotatable bonds is 7. The van der Waals surface area contributed by atoms with Gasteiger partial charge in [0, 0.05) is 6.04 Å². The Balaban J connectivity index is 1.94. The number of anilines is 1. The van der Waals surface area contributed by atoms with Gasteiger partial charge in [-0.05, 0) is 82.7 Å². The van der Waals surface area contributed by atoms with Gasteiger partial charge in [0.15, 0.2) is 0 Å². The Morgan fingerprint density at radius 3 is 2.29 bits per heavy atom. The highest BCUT2D eigenvalue weighted by molar-refractivity contribution is 6.34. The molecule has 3 rings (SSSR count). The SMILES string of the molecule is Cc1cccc(C(C(=O)Nc2c(C)cccc2Cl)N(C(=O)CNC(=O)OC(C)(C)C)C2CC2)c1C. The fourth-order valence-corrected chi connectivity index (χ4v) is 4.20. The van der Waals surface area contributed by atoms with Crippen LogP contribution in [-0.2, 0) is 14.3 Å². The number of aryl methyl sites for hydroxylation is 2. The van der Waals surface area contributed by atoms with Gasteiger partial charge in [-0.2, -0.15) is 0 Å². The normalized spacial score (nSPS) is 14.1. The Bertz CT molecular complexity index is 1100. The highest BCUT2D eigenvalue weighted by atomic mass is 35.5. The number of amides is 3. The molecular formula is C27H34ClN3O4. The quantitative estimate of drug-likeness (QED) is 0.529. The number of para-hydroxylation sites is 1. The van der Waals surface area contributed by atoms with Crippen LogP contribution in [0.15, 0.2) is 36.4 Å². The molecule has 1 fully saturated rings. The number of nitrogens with zero attached hydrogens (tertiary/aromatic N) is 1. The predicted octanol–water partition coefficient (Wildman–Crippen LogP) is 5.46. The largest absolute Gasteiger partial charge is 0.444 e. The van der Waals surface area contributed by atoms with Crippen LogP contribution in [0, 0.1) is 20.8 Å². The summed E-state index contributed by atoms with van der Waals surface area (Å²) in [5.41, 5.74) is 3.35. The first-order chi connectivity index (χ1) is 16.4. The van der Waals surface area contributed by atoms with Crippen LogP contribution in [0.1, 0.15) is 61.9 Å². The first-order valence-corrected chi connectivity index (χ1v) is 12.2. The van der Waals surface area contributed by atoms with Crippen molar-refractivity contribution in [2.45, 2.75) is 72.1 Å². The van der Waals surface area contributed by atoms with E-state index in [0.717, 1.165) is 35.1 Å². The second-order valence-corrected chi connectivity index (χ2v) is 10.4. The Hall–Kier alpha value is -3.06. The molecule has 2 aromatic rings. The molecule has 2 aromatic carbocycles. The van der Waals surface area contributed by atoms with E-state index in [4.69, 9.17) is 16.3 Å². The van der Waals surface area contributed by atoms with E-state index in [9.17, 15) is 14.4 Å². The van der Waals surface area contributed by atoms with Crippen LogP contribution in [0.25, 0.3) is 0 Å². The van der Waals surface area contributed by atoms with Crippen molar-refractivity contribution < 1.29 is 19.1 Å². The summed E-state index contributed by atoms with van der Waals surface area (Å²) in [5, 5.41) is 5.92. The van der Waals surface area contributed by atoms with Gasteiger partial charge in [-0.15, -0.1) is 0 Å². The smallest absolute Gasteiger partial charge is 0.408 e. The van der Waals surface area contributed by atoms with Gasteiger partial charge in [-0.1, -0.05) is 41.9 Å². The molecule has 7 nitrogen and oxygen atoms in total. The van der Waals surface area contributed by atoms with Crippen molar-refractivity contribution in [2.24, 2.45) is 0 Å². The molecule has 0 radical (unpaired) electrons. The summed E-state index contributed by atoms with van der Waals surface area (Å²) >= 11 is 6.38. The lowest BCUT2D eigenvalue weighted by atomic mass is 9.95. The Morgan fingerprint density at radius 2 is 1.69 bits per heavy atom. The maximum atomic E-state index is 13.8. The van der Waals surface area contributed by atoms with Crippen LogP contribution in [0.4, 0.5) is 10.5 Å². The number of carbonyl (C=O) groups is 3. The van der Waals surface area contributed by atoms with Crippen molar-refractivity contribution >= 4 is 35.2 Å². The minimum absolute atomic E-state index is 0.0917. The number of alkyl carbamates (subject to hydrolysis) is 1. The molecule has 35 heavy (non-hydrogen) atoms. The Morgan fingerprint density at radius 1 is 1.06 bits per heavy atom. The zero-order valence-electron chi connectivity index (χ0n) is 21.2. The van der Waals surface area contributed by atoms with Crippen molar-refractivity contribution in [2.75, 3.05) is 11.9 Å². The van der Waals surface area contributed by atoms with Gasteiger partial charge in [0.05, 0.1) is 10.7 Å².